The Morgan fingerprint density at radius 3 is 2.69 bits per heavy atom. The lowest BCUT2D eigenvalue weighted by atomic mass is 9.76. The number of piperazine rings is 1. The summed E-state index contributed by atoms with van der Waals surface area (Å²) in [7, 11) is 0. The number of carbonyl (C=O) groups excluding carboxylic acids is 1. The highest BCUT2D eigenvalue weighted by atomic mass is 16.3. The van der Waals surface area contributed by atoms with Gasteiger partial charge in [0.2, 0.25) is 0 Å². The van der Waals surface area contributed by atoms with Gasteiger partial charge in [0.15, 0.2) is 5.76 Å². The van der Waals surface area contributed by atoms with Crippen molar-refractivity contribution in [3.63, 3.8) is 0 Å². The Balaban J connectivity index is 1.18. The van der Waals surface area contributed by atoms with Crippen molar-refractivity contribution in [3.05, 3.63) is 65.5 Å². The van der Waals surface area contributed by atoms with Crippen LogP contribution in [0.4, 0.5) is 5.69 Å². The minimum atomic E-state index is -0.544. The van der Waals surface area contributed by atoms with E-state index in [9.17, 15) is 10.1 Å². The number of fused-ring (bicyclic) bond motifs is 2. The number of primary amides is 1. The van der Waals surface area contributed by atoms with Crippen molar-refractivity contribution in [2.45, 2.75) is 38.5 Å². The number of hydrogen-bond donors (Lipinski definition) is 2. The molecule has 5 rings (SSSR count). The molecule has 0 aliphatic carbocycles. The molecule has 1 fully saturated rings. The number of nitrogens with zero attached hydrogens (tertiary/aromatic N) is 3. The molecule has 2 aromatic heterocycles. The number of anilines is 1. The molecule has 7 nitrogen and oxygen atoms in total. The summed E-state index contributed by atoms with van der Waals surface area (Å²) in [6.45, 7) is 9.68. The fraction of sp³-hybridized carbons (Fsp3) is 0.379. The number of nitrogens with two attached hydrogens (primary N) is 1. The average molecular weight is 484 g/mol. The molecule has 0 radical (unpaired) electrons. The number of carbonyl (C=O) groups is 1. The number of hydrogen-bond acceptors (Lipinski definition) is 5. The molecule has 2 aromatic carbocycles. The molecule has 1 unspecified atom stereocenters. The zero-order valence-corrected chi connectivity index (χ0v) is 21.0. The van der Waals surface area contributed by atoms with Crippen molar-refractivity contribution in [2.75, 3.05) is 37.6 Å². The van der Waals surface area contributed by atoms with Crippen LogP contribution < -0.4 is 10.6 Å². The lowest BCUT2D eigenvalue weighted by molar-refractivity contribution is 0.0976. The van der Waals surface area contributed by atoms with E-state index in [2.05, 4.69) is 53.0 Å². The molecule has 0 spiro atoms. The molecular formula is C29H33N5O2. The first-order valence-electron chi connectivity index (χ1n) is 12.7. The molecule has 1 aliphatic heterocycles. The summed E-state index contributed by atoms with van der Waals surface area (Å²) in [6, 6.07) is 15.9. The summed E-state index contributed by atoms with van der Waals surface area (Å²) in [4.78, 5) is 19.8. The van der Waals surface area contributed by atoms with Crippen molar-refractivity contribution >= 4 is 33.5 Å². The van der Waals surface area contributed by atoms with E-state index in [1.54, 1.807) is 6.07 Å². The van der Waals surface area contributed by atoms with Crippen LogP contribution in [0, 0.1) is 11.3 Å². The highest BCUT2D eigenvalue weighted by Gasteiger charge is 2.28. The summed E-state index contributed by atoms with van der Waals surface area (Å²) < 4.78 is 5.51. The molecule has 186 valence electrons. The quantitative estimate of drug-likeness (QED) is 0.361. The predicted molar refractivity (Wildman–Crippen MR) is 143 cm³/mol. The molecule has 1 aliphatic rings. The van der Waals surface area contributed by atoms with Crippen LogP contribution in [0.5, 0.6) is 0 Å². The SMILES string of the molecule is CCC(C)(CCCN1CCN(c2ccc3oc(C(N)=O)cc3c2)CC1)c1c[nH]c2ccc(C#N)cc12. The maximum absolute atomic E-state index is 11.4. The van der Waals surface area contributed by atoms with E-state index in [4.69, 9.17) is 10.2 Å². The monoisotopic (exact) mass is 483 g/mol. The van der Waals surface area contributed by atoms with Gasteiger partial charge in [-0.25, -0.2) is 0 Å². The second-order valence-electron chi connectivity index (χ2n) is 10.1. The van der Waals surface area contributed by atoms with E-state index in [-0.39, 0.29) is 11.2 Å². The van der Waals surface area contributed by atoms with E-state index < -0.39 is 5.91 Å². The number of rotatable bonds is 8. The van der Waals surface area contributed by atoms with Crippen molar-refractivity contribution in [1.82, 2.24) is 9.88 Å². The van der Waals surface area contributed by atoms with Crippen LogP contribution in [-0.2, 0) is 5.41 Å². The van der Waals surface area contributed by atoms with Crippen LogP contribution in [-0.4, -0.2) is 48.5 Å². The highest BCUT2D eigenvalue weighted by molar-refractivity contribution is 5.95. The Morgan fingerprint density at radius 1 is 1.17 bits per heavy atom. The number of nitrogens with one attached hydrogen (secondary N) is 1. The number of nitriles is 1. The Labute approximate surface area is 211 Å². The first-order chi connectivity index (χ1) is 17.4. The zero-order chi connectivity index (χ0) is 25.3. The third-order valence-corrected chi connectivity index (χ3v) is 7.92. The van der Waals surface area contributed by atoms with Gasteiger partial charge in [0, 0.05) is 54.4 Å². The lowest BCUT2D eigenvalue weighted by Crippen LogP contribution is -2.46. The molecule has 0 saturated carbocycles. The van der Waals surface area contributed by atoms with Gasteiger partial charge in [-0.05, 0) is 79.3 Å². The molecule has 1 saturated heterocycles. The lowest BCUT2D eigenvalue weighted by Gasteiger charge is -2.37. The number of benzene rings is 2. The van der Waals surface area contributed by atoms with Gasteiger partial charge in [-0.15, -0.1) is 0 Å². The van der Waals surface area contributed by atoms with Crippen molar-refractivity contribution in [3.8, 4) is 6.07 Å². The van der Waals surface area contributed by atoms with E-state index in [0.29, 0.717) is 11.1 Å². The highest BCUT2D eigenvalue weighted by Crippen LogP contribution is 2.37. The van der Waals surface area contributed by atoms with Crippen molar-refractivity contribution in [2.24, 2.45) is 5.73 Å². The molecule has 3 N–H and O–H groups in total. The van der Waals surface area contributed by atoms with Gasteiger partial charge in [-0.2, -0.15) is 5.26 Å². The molecule has 1 atom stereocenters. The summed E-state index contributed by atoms with van der Waals surface area (Å²) in [5, 5.41) is 11.4. The second kappa shape index (κ2) is 9.71. The number of amides is 1. The summed E-state index contributed by atoms with van der Waals surface area (Å²) >= 11 is 0. The standard InChI is InChI=1S/C29H33N5O2/c1-3-29(2,24-19-32-25-7-5-20(18-30)15-23(24)25)9-4-10-33-11-13-34(14-12-33)22-6-8-26-21(16-22)17-27(36-26)28(31)35/h5-8,15-17,19,32H,3-4,9-14H2,1-2H3,(H2,31,35). The van der Waals surface area contributed by atoms with Crippen LogP contribution in [0.2, 0.25) is 0 Å². The van der Waals surface area contributed by atoms with Crippen LogP contribution in [0.3, 0.4) is 0 Å². The van der Waals surface area contributed by atoms with E-state index in [1.165, 1.54) is 10.9 Å². The van der Waals surface area contributed by atoms with Crippen LogP contribution in [0.1, 0.15) is 54.8 Å². The largest absolute Gasteiger partial charge is 0.451 e. The van der Waals surface area contributed by atoms with Gasteiger partial charge in [-0.3, -0.25) is 9.69 Å². The van der Waals surface area contributed by atoms with Gasteiger partial charge in [0.1, 0.15) is 5.58 Å². The maximum atomic E-state index is 11.4. The predicted octanol–water partition coefficient (Wildman–Crippen LogP) is 5.15. The molecule has 36 heavy (non-hydrogen) atoms. The molecule has 7 heteroatoms. The maximum Gasteiger partial charge on any atom is 0.284 e. The Kier molecular flexibility index (Phi) is 6.46. The van der Waals surface area contributed by atoms with Crippen molar-refractivity contribution in [1.29, 1.82) is 5.26 Å². The number of furan rings is 1. The van der Waals surface area contributed by atoms with Crippen molar-refractivity contribution < 1.29 is 9.21 Å². The fourth-order valence-electron chi connectivity index (χ4n) is 5.46. The van der Waals surface area contributed by atoms with Gasteiger partial charge in [0.25, 0.3) is 5.91 Å². The molecule has 4 aromatic rings. The Bertz CT molecular complexity index is 1440. The van der Waals surface area contributed by atoms with Gasteiger partial charge in [-0.1, -0.05) is 13.8 Å². The fourth-order valence-corrected chi connectivity index (χ4v) is 5.46. The summed E-state index contributed by atoms with van der Waals surface area (Å²) in [5.41, 5.74) is 10.4. The third kappa shape index (κ3) is 4.57. The molecule has 1 amide bonds. The van der Waals surface area contributed by atoms with Crippen LogP contribution >= 0.6 is 0 Å². The van der Waals surface area contributed by atoms with E-state index in [1.807, 2.05) is 24.3 Å². The van der Waals surface area contributed by atoms with Gasteiger partial charge >= 0.3 is 0 Å². The molecular weight excluding hydrogens is 450 g/mol. The zero-order valence-electron chi connectivity index (χ0n) is 21.0. The normalized spacial score (nSPS) is 16.3. The first-order valence-corrected chi connectivity index (χ1v) is 12.7. The molecule has 3 heterocycles. The average Bonchev–Trinajstić information content (AvgIpc) is 3.53. The second-order valence-corrected chi connectivity index (χ2v) is 10.1. The number of H-pyrrole nitrogens is 1. The first kappa shape index (κ1) is 24.0. The van der Waals surface area contributed by atoms with Gasteiger partial charge < -0.3 is 20.0 Å². The minimum absolute atomic E-state index is 0.0674. The topological polar surface area (TPSA) is 102 Å². The smallest absolute Gasteiger partial charge is 0.284 e. The Morgan fingerprint density at radius 2 is 1.97 bits per heavy atom. The number of aromatic amines is 1. The van der Waals surface area contributed by atoms with Gasteiger partial charge in [0.05, 0.1) is 11.6 Å². The van der Waals surface area contributed by atoms with E-state index in [0.717, 1.165) is 68.6 Å². The summed E-state index contributed by atoms with van der Waals surface area (Å²) in [5.74, 6) is -0.346. The summed E-state index contributed by atoms with van der Waals surface area (Å²) in [6.07, 6.45) is 5.43. The van der Waals surface area contributed by atoms with Crippen LogP contribution in [0.15, 0.2) is 53.1 Å². The van der Waals surface area contributed by atoms with Crippen LogP contribution in [0.25, 0.3) is 21.9 Å². The Hall–Kier alpha value is -3.76. The minimum Gasteiger partial charge on any atom is -0.451 e. The number of aromatic nitrogens is 1. The van der Waals surface area contributed by atoms with E-state index >= 15 is 0 Å². The third-order valence-electron chi connectivity index (χ3n) is 7.92. The molecule has 0 bridgehead atoms.